The van der Waals surface area contributed by atoms with Crippen LogP contribution in [0.15, 0.2) is 29.7 Å². The molecule has 1 atom stereocenters. The molecule has 0 saturated heterocycles. The van der Waals surface area contributed by atoms with Gasteiger partial charge >= 0.3 is 0 Å². The predicted molar refractivity (Wildman–Crippen MR) is 70.9 cm³/mol. The summed E-state index contributed by atoms with van der Waals surface area (Å²) in [5.41, 5.74) is 2.43. The number of hydrogen-bond acceptors (Lipinski definition) is 3. The van der Waals surface area contributed by atoms with Gasteiger partial charge in [0.15, 0.2) is 0 Å². The van der Waals surface area contributed by atoms with E-state index < -0.39 is 8.07 Å². The van der Waals surface area contributed by atoms with Crippen LogP contribution < -0.4 is 0 Å². The summed E-state index contributed by atoms with van der Waals surface area (Å²) in [6.07, 6.45) is 4.55. The number of aromatic nitrogens is 1. The zero-order chi connectivity index (χ0) is 10.9. The van der Waals surface area contributed by atoms with E-state index in [1.807, 2.05) is 18.3 Å². The molecule has 2 rings (SSSR count). The Morgan fingerprint density at radius 3 is 2.62 bits per heavy atom. The van der Waals surface area contributed by atoms with Crippen molar-refractivity contribution in [3.05, 3.63) is 30.1 Å². The van der Waals surface area contributed by atoms with Gasteiger partial charge in [-0.1, -0.05) is 24.8 Å². The summed E-state index contributed by atoms with van der Waals surface area (Å²) < 4.78 is 0. The maximum absolute atomic E-state index is 5.51. The highest BCUT2D eigenvalue weighted by Crippen LogP contribution is 2.23. The van der Waals surface area contributed by atoms with Gasteiger partial charge < -0.3 is 4.84 Å². The van der Waals surface area contributed by atoms with E-state index in [-0.39, 0.29) is 12.4 Å². The fourth-order valence-electron chi connectivity index (χ4n) is 1.55. The Morgan fingerprint density at radius 2 is 2.12 bits per heavy atom. The Bertz CT molecular complexity index is 375. The van der Waals surface area contributed by atoms with E-state index in [0.717, 1.165) is 17.7 Å². The highest BCUT2D eigenvalue weighted by Gasteiger charge is 2.34. The number of oxime groups is 1. The summed E-state index contributed by atoms with van der Waals surface area (Å²) in [5, 5.41) is 4.17. The second kappa shape index (κ2) is 4.97. The van der Waals surface area contributed by atoms with E-state index in [4.69, 9.17) is 4.84 Å². The summed E-state index contributed by atoms with van der Waals surface area (Å²) in [6, 6.07) is 3.96. The molecule has 1 aromatic rings. The van der Waals surface area contributed by atoms with Gasteiger partial charge in [-0.3, -0.25) is 4.98 Å². The molecule has 3 nitrogen and oxygen atoms in total. The first-order valence-electron chi connectivity index (χ1n) is 5.20. The third kappa shape index (κ3) is 2.83. The molecule has 88 valence electrons. The molecule has 1 unspecified atom stereocenters. The molecule has 0 aliphatic carbocycles. The molecule has 0 spiro atoms. The van der Waals surface area contributed by atoms with Crippen molar-refractivity contribution in [2.24, 2.45) is 5.16 Å². The first kappa shape index (κ1) is 13.2. The summed E-state index contributed by atoms with van der Waals surface area (Å²) >= 11 is 0. The molecule has 0 radical (unpaired) electrons. The lowest BCUT2D eigenvalue weighted by molar-refractivity contribution is 0.135. The molecular formula is C11H17ClN2OSi. The van der Waals surface area contributed by atoms with Gasteiger partial charge in [-0.15, -0.1) is 12.4 Å². The number of hydrogen-bond donors (Lipinski definition) is 0. The fourth-order valence-corrected chi connectivity index (χ4v) is 2.72. The summed E-state index contributed by atoms with van der Waals surface area (Å²) in [4.78, 5) is 9.60. The van der Waals surface area contributed by atoms with Crippen molar-refractivity contribution >= 4 is 26.2 Å². The number of nitrogens with zero attached hydrogens (tertiary/aromatic N) is 2. The lowest BCUT2D eigenvalue weighted by atomic mass is 10.1. The molecule has 1 aliphatic rings. The Kier molecular flexibility index (Phi) is 4.10. The first-order chi connectivity index (χ1) is 7.07. The van der Waals surface area contributed by atoms with Gasteiger partial charge in [-0.05, 0) is 12.1 Å². The Hall–Kier alpha value is -0.873. The van der Waals surface area contributed by atoms with Crippen LogP contribution in [-0.4, -0.2) is 24.5 Å². The quantitative estimate of drug-likeness (QED) is 0.763. The van der Waals surface area contributed by atoms with E-state index >= 15 is 0 Å². The SMILES string of the molecule is C[Si](C)(C)C1CC(c2cccnc2)=NO1.Cl. The van der Waals surface area contributed by atoms with Gasteiger partial charge in [0.1, 0.15) is 5.73 Å². The van der Waals surface area contributed by atoms with Crippen molar-refractivity contribution in [3.8, 4) is 0 Å². The summed E-state index contributed by atoms with van der Waals surface area (Å²) in [5.74, 6) is 0. The van der Waals surface area contributed by atoms with Crippen molar-refractivity contribution in [1.29, 1.82) is 0 Å². The van der Waals surface area contributed by atoms with Gasteiger partial charge in [-0.2, -0.15) is 0 Å². The minimum atomic E-state index is -1.26. The summed E-state index contributed by atoms with van der Waals surface area (Å²) in [7, 11) is -1.26. The van der Waals surface area contributed by atoms with E-state index in [9.17, 15) is 0 Å². The van der Waals surface area contributed by atoms with Gasteiger partial charge in [-0.25, -0.2) is 0 Å². The van der Waals surface area contributed by atoms with E-state index in [0.29, 0.717) is 5.73 Å². The van der Waals surface area contributed by atoms with Crippen LogP contribution in [0.3, 0.4) is 0 Å². The molecule has 5 heteroatoms. The van der Waals surface area contributed by atoms with Crippen molar-refractivity contribution in [3.63, 3.8) is 0 Å². The van der Waals surface area contributed by atoms with Crippen LogP contribution in [0.4, 0.5) is 0 Å². The van der Waals surface area contributed by atoms with Crippen LogP contribution >= 0.6 is 12.4 Å². The maximum atomic E-state index is 5.51. The average Bonchev–Trinajstić information content (AvgIpc) is 2.67. The maximum Gasteiger partial charge on any atom is 0.120 e. The normalized spacial score (nSPS) is 19.7. The third-order valence-electron chi connectivity index (χ3n) is 2.63. The monoisotopic (exact) mass is 256 g/mol. The van der Waals surface area contributed by atoms with Crippen LogP contribution in [-0.2, 0) is 4.84 Å². The molecule has 16 heavy (non-hydrogen) atoms. The van der Waals surface area contributed by atoms with Crippen molar-refractivity contribution in [1.82, 2.24) is 4.98 Å². The largest absolute Gasteiger partial charge is 0.396 e. The second-order valence-electron chi connectivity index (χ2n) is 4.94. The highest BCUT2D eigenvalue weighted by molar-refractivity contribution is 6.77. The highest BCUT2D eigenvalue weighted by atomic mass is 35.5. The molecule has 0 N–H and O–H groups in total. The number of pyridine rings is 1. The molecule has 0 fully saturated rings. The van der Waals surface area contributed by atoms with Crippen LogP contribution in [0.2, 0.25) is 19.6 Å². The molecule has 0 saturated carbocycles. The van der Waals surface area contributed by atoms with Gasteiger partial charge in [0.25, 0.3) is 0 Å². The minimum Gasteiger partial charge on any atom is -0.396 e. The van der Waals surface area contributed by atoms with E-state index in [2.05, 4.69) is 29.8 Å². The third-order valence-corrected chi connectivity index (χ3v) is 4.87. The predicted octanol–water partition coefficient (Wildman–Crippen LogP) is 2.87. The van der Waals surface area contributed by atoms with Crippen molar-refractivity contribution in [2.45, 2.75) is 31.8 Å². The topological polar surface area (TPSA) is 34.5 Å². The Morgan fingerprint density at radius 1 is 1.38 bits per heavy atom. The lowest BCUT2D eigenvalue weighted by Gasteiger charge is -2.21. The van der Waals surface area contributed by atoms with Crippen LogP contribution in [0.5, 0.6) is 0 Å². The Labute approximate surface area is 103 Å². The fraction of sp³-hybridized carbons (Fsp3) is 0.455. The molecular weight excluding hydrogens is 240 g/mol. The standard InChI is InChI=1S/C11H16N2OSi.ClH/c1-15(2,3)11-7-10(13-14-11)9-5-4-6-12-8-9;/h4-6,8,11H,7H2,1-3H3;1H. The minimum absolute atomic E-state index is 0. The second-order valence-corrected chi connectivity index (χ2v) is 10.3. The smallest absolute Gasteiger partial charge is 0.120 e. The molecule has 0 bridgehead atoms. The van der Waals surface area contributed by atoms with Crippen LogP contribution in [0.25, 0.3) is 0 Å². The molecule has 1 aliphatic heterocycles. The average molecular weight is 257 g/mol. The van der Waals surface area contributed by atoms with E-state index in [1.54, 1.807) is 6.20 Å². The van der Waals surface area contributed by atoms with Gasteiger partial charge in [0, 0.05) is 24.4 Å². The van der Waals surface area contributed by atoms with Crippen LogP contribution in [0.1, 0.15) is 12.0 Å². The Balaban J connectivity index is 0.00000128. The number of rotatable bonds is 2. The van der Waals surface area contributed by atoms with E-state index in [1.165, 1.54) is 0 Å². The number of halogens is 1. The molecule has 0 aromatic carbocycles. The first-order valence-corrected chi connectivity index (χ1v) is 8.78. The zero-order valence-electron chi connectivity index (χ0n) is 9.80. The molecule has 2 heterocycles. The molecule has 0 amide bonds. The lowest BCUT2D eigenvalue weighted by Crippen LogP contribution is -2.38. The van der Waals surface area contributed by atoms with Crippen molar-refractivity contribution in [2.75, 3.05) is 0 Å². The molecule has 1 aromatic heterocycles. The van der Waals surface area contributed by atoms with Crippen LogP contribution in [0, 0.1) is 0 Å². The zero-order valence-corrected chi connectivity index (χ0v) is 11.6. The van der Waals surface area contributed by atoms with Gasteiger partial charge in [0.05, 0.1) is 13.8 Å². The van der Waals surface area contributed by atoms with Gasteiger partial charge in [0.2, 0.25) is 0 Å². The summed E-state index contributed by atoms with van der Waals surface area (Å²) in [6.45, 7) is 6.91. The van der Waals surface area contributed by atoms with Crippen molar-refractivity contribution < 1.29 is 4.84 Å².